The highest BCUT2D eigenvalue weighted by Crippen LogP contribution is 2.21. The van der Waals surface area contributed by atoms with Gasteiger partial charge in [0.2, 0.25) is 0 Å². The van der Waals surface area contributed by atoms with Gasteiger partial charge in [0, 0.05) is 12.4 Å². The van der Waals surface area contributed by atoms with Crippen LogP contribution in [0.5, 0.6) is 0 Å². The molecule has 0 aliphatic carbocycles. The van der Waals surface area contributed by atoms with Crippen molar-refractivity contribution in [2.45, 2.75) is 36.4 Å². The average molecular weight is 327 g/mol. The minimum Gasteiger partial charge on any atom is -0.376 e. The Morgan fingerprint density at radius 1 is 1.52 bits per heavy atom. The minimum absolute atomic E-state index is 0.101. The zero-order valence-corrected chi connectivity index (χ0v) is 12.9. The maximum atomic E-state index is 11.8. The molecular formula is C13H15ClN4O2S. The lowest BCUT2D eigenvalue weighted by molar-refractivity contribution is 0.0941. The molecule has 1 aliphatic rings. The van der Waals surface area contributed by atoms with Crippen molar-refractivity contribution in [1.82, 2.24) is 19.7 Å². The van der Waals surface area contributed by atoms with Crippen LogP contribution in [0.15, 0.2) is 28.2 Å². The van der Waals surface area contributed by atoms with E-state index in [2.05, 4.69) is 15.2 Å². The molecule has 8 heteroatoms. The Morgan fingerprint density at radius 3 is 3.19 bits per heavy atom. The highest BCUT2D eigenvalue weighted by molar-refractivity contribution is 7.98. The molecule has 1 N–H and O–H groups in total. The van der Waals surface area contributed by atoms with Crippen LogP contribution in [0, 0.1) is 0 Å². The van der Waals surface area contributed by atoms with Crippen LogP contribution >= 0.6 is 23.4 Å². The van der Waals surface area contributed by atoms with Crippen molar-refractivity contribution < 1.29 is 4.74 Å². The highest BCUT2D eigenvalue weighted by Gasteiger charge is 2.19. The first-order valence-corrected chi connectivity index (χ1v) is 8.10. The smallest absolute Gasteiger partial charge is 0.344 e. The number of nitrogens with one attached hydrogen (secondary N) is 1. The van der Waals surface area contributed by atoms with Gasteiger partial charge in [-0.1, -0.05) is 29.4 Å². The molecule has 21 heavy (non-hydrogen) atoms. The fourth-order valence-corrected chi connectivity index (χ4v) is 3.28. The highest BCUT2D eigenvalue weighted by atomic mass is 35.5. The molecule has 0 bridgehead atoms. The number of rotatable bonds is 5. The second-order valence-electron chi connectivity index (χ2n) is 4.80. The SMILES string of the molecule is O=c1[nH]nc(SCc2cccc(Cl)n2)n1C[C@@H]1CCCO1. The van der Waals surface area contributed by atoms with Crippen LogP contribution in [0.25, 0.3) is 0 Å². The number of hydrogen-bond acceptors (Lipinski definition) is 5. The molecule has 0 saturated carbocycles. The summed E-state index contributed by atoms with van der Waals surface area (Å²) in [6, 6.07) is 5.49. The fraction of sp³-hybridized carbons (Fsp3) is 0.462. The summed E-state index contributed by atoms with van der Waals surface area (Å²) in [4.78, 5) is 16.1. The number of thioether (sulfide) groups is 1. The van der Waals surface area contributed by atoms with Crippen molar-refractivity contribution in [3.63, 3.8) is 0 Å². The van der Waals surface area contributed by atoms with Crippen molar-refractivity contribution in [3.8, 4) is 0 Å². The van der Waals surface area contributed by atoms with Gasteiger partial charge in [-0.15, -0.1) is 5.10 Å². The predicted octanol–water partition coefficient (Wildman–Crippen LogP) is 2.09. The number of aromatic nitrogens is 4. The van der Waals surface area contributed by atoms with Gasteiger partial charge >= 0.3 is 5.69 Å². The lowest BCUT2D eigenvalue weighted by Crippen LogP contribution is -2.24. The Labute approximate surface area is 130 Å². The predicted molar refractivity (Wildman–Crippen MR) is 80.6 cm³/mol. The first kappa shape index (κ1) is 14.6. The first-order valence-electron chi connectivity index (χ1n) is 6.73. The topological polar surface area (TPSA) is 72.8 Å². The van der Waals surface area contributed by atoms with Gasteiger partial charge in [-0.05, 0) is 25.0 Å². The van der Waals surface area contributed by atoms with E-state index in [9.17, 15) is 4.79 Å². The van der Waals surface area contributed by atoms with E-state index in [1.165, 1.54) is 11.8 Å². The van der Waals surface area contributed by atoms with E-state index in [1.54, 1.807) is 10.6 Å². The summed E-state index contributed by atoms with van der Waals surface area (Å²) in [6.45, 7) is 1.31. The molecule has 2 aromatic rings. The summed E-state index contributed by atoms with van der Waals surface area (Å²) in [6.07, 6.45) is 2.13. The van der Waals surface area contributed by atoms with E-state index in [1.807, 2.05) is 12.1 Å². The van der Waals surface area contributed by atoms with E-state index in [-0.39, 0.29) is 11.8 Å². The van der Waals surface area contributed by atoms with E-state index in [0.717, 1.165) is 25.1 Å². The van der Waals surface area contributed by atoms with Crippen LogP contribution in [0.1, 0.15) is 18.5 Å². The zero-order valence-electron chi connectivity index (χ0n) is 11.3. The summed E-state index contributed by atoms with van der Waals surface area (Å²) in [5.41, 5.74) is 0.652. The Bertz CT molecular complexity index is 666. The second-order valence-corrected chi connectivity index (χ2v) is 6.13. The molecule has 3 rings (SSSR count). The van der Waals surface area contributed by atoms with Gasteiger partial charge in [0.1, 0.15) is 5.15 Å². The quantitative estimate of drug-likeness (QED) is 0.673. The maximum absolute atomic E-state index is 11.8. The molecule has 0 amide bonds. The van der Waals surface area contributed by atoms with Gasteiger partial charge in [-0.3, -0.25) is 4.57 Å². The standard InChI is InChI=1S/C13H15ClN4O2S/c14-11-5-1-3-9(15-11)8-21-13-17-16-12(19)18(13)7-10-4-2-6-20-10/h1,3,5,10H,2,4,6-8H2,(H,16,19)/t10-/m0/s1. The van der Waals surface area contributed by atoms with Crippen molar-refractivity contribution in [3.05, 3.63) is 39.5 Å². The fourth-order valence-electron chi connectivity index (χ4n) is 2.24. The lowest BCUT2D eigenvalue weighted by atomic mass is 10.2. The third kappa shape index (κ3) is 3.66. The first-order chi connectivity index (χ1) is 10.2. The van der Waals surface area contributed by atoms with Crippen molar-refractivity contribution in [2.75, 3.05) is 6.61 Å². The molecule has 1 fully saturated rings. The number of hydrogen-bond donors (Lipinski definition) is 1. The van der Waals surface area contributed by atoms with Crippen molar-refractivity contribution in [2.24, 2.45) is 0 Å². The zero-order chi connectivity index (χ0) is 14.7. The monoisotopic (exact) mass is 326 g/mol. The molecule has 0 aromatic carbocycles. The van der Waals surface area contributed by atoms with E-state index in [4.69, 9.17) is 16.3 Å². The molecule has 112 valence electrons. The molecule has 6 nitrogen and oxygen atoms in total. The Morgan fingerprint density at radius 2 is 2.43 bits per heavy atom. The van der Waals surface area contributed by atoms with Crippen LogP contribution in [0.2, 0.25) is 5.15 Å². The maximum Gasteiger partial charge on any atom is 0.344 e. The van der Waals surface area contributed by atoms with Crippen molar-refractivity contribution in [1.29, 1.82) is 0 Å². The van der Waals surface area contributed by atoms with Gasteiger partial charge in [0.25, 0.3) is 0 Å². The van der Waals surface area contributed by atoms with E-state index in [0.29, 0.717) is 22.6 Å². The molecule has 0 radical (unpaired) electrons. The lowest BCUT2D eigenvalue weighted by Gasteiger charge is -2.10. The second kappa shape index (κ2) is 6.64. The summed E-state index contributed by atoms with van der Waals surface area (Å²) in [5, 5.41) is 7.68. The number of nitrogens with zero attached hydrogens (tertiary/aromatic N) is 3. The van der Waals surface area contributed by atoms with Crippen LogP contribution < -0.4 is 5.69 Å². The van der Waals surface area contributed by atoms with Gasteiger partial charge in [-0.25, -0.2) is 14.9 Å². The van der Waals surface area contributed by atoms with Crippen molar-refractivity contribution >= 4 is 23.4 Å². The normalized spacial score (nSPS) is 18.2. The largest absolute Gasteiger partial charge is 0.376 e. The summed E-state index contributed by atoms with van der Waals surface area (Å²) < 4.78 is 7.20. The number of H-pyrrole nitrogens is 1. The molecule has 3 heterocycles. The third-order valence-corrected chi connectivity index (χ3v) is 4.48. The average Bonchev–Trinajstić information content (AvgIpc) is 3.09. The number of aromatic amines is 1. The number of halogens is 1. The number of ether oxygens (including phenoxy) is 1. The molecule has 2 aromatic heterocycles. The molecule has 1 aliphatic heterocycles. The van der Waals surface area contributed by atoms with Crippen LogP contribution in [-0.2, 0) is 17.0 Å². The van der Waals surface area contributed by atoms with Gasteiger partial charge in [0.15, 0.2) is 5.16 Å². The Hall–Kier alpha value is -1.31. The van der Waals surface area contributed by atoms with Crippen LogP contribution in [-0.4, -0.2) is 32.5 Å². The Balaban J connectivity index is 1.69. The van der Waals surface area contributed by atoms with Gasteiger partial charge in [-0.2, -0.15) is 0 Å². The molecule has 0 spiro atoms. The van der Waals surface area contributed by atoms with Gasteiger partial charge in [0.05, 0.1) is 18.3 Å². The van der Waals surface area contributed by atoms with Crippen LogP contribution in [0.3, 0.4) is 0 Å². The van der Waals surface area contributed by atoms with Crippen LogP contribution in [0.4, 0.5) is 0 Å². The third-order valence-electron chi connectivity index (χ3n) is 3.26. The van der Waals surface area contributed by atoms with Gasteiger partial charge < -0.3 is 4.74 Å². The minimum atomic E-state index is -0.202. The summed E-state index contributed by atoms with van der Waals surface area (Å²) in [7, 11) is 0. The van der Waals surface area contributed by atoms with E-state index < -0.39 is 0 Å². The number of pyridine rings is 1. The molecule has 1 saturated heterocycles. The molecule has 1 atom stereocenters. The summed E-state index contributed by atoms with van der Waals surface area (Å²) in [5.74, 6) is 0.608. The molecular weight excluding hydrogens is 312 g/mol. The van der Waals surface area contributed by atoms with E-state index >= 15 is 0 Å². The summed E-state index contributed by atoms with van der Waals surface area (Å²) >= 11 is 7.32. The molecule has 0 unspecified atom stereocenters. The Kier molecular flexibility index (Phi) is 4.62.